The summed E-state index contributed by atoms with van der Waals surface area (Å²) in [5.41, 5.74) is 2.34. The normalized spacial score (nSPS) is 16.8. The number of carbonyl (C=O) groups excluding carboxylic acids is 2. The Balaban J connectivity index is 1.84. The van der Waals surface area contributed by atoms with Gasteiger partial charge in [0.2, 0.25) is 0 Å². The summed E-state index contributed by atoms with van der Waals surface area (Å²) >= 11 is 1.77. The minimum absolute atomic E-state index is 0.0186. The lowest BCUT2D eigenvalue weighted by atomic mass is 9.96. The molecule has 2 heterocycles. The van der Waals surface area contributed by atoms with E-state index in [9.17, 15) is 9.59 Å². The Hall–Kier alpha value is -2.14. The monoisotopic (exact) mass is 329 g/mol. The molecule has 0 radical (unpaired) electrons. The Morgan fingerprint density at radius 1 is 1.22 bits per heavy atom. The van der Waals surface area contributed by atoms with Crippen LogP contribution in [0.25, 0.3) is 0 Å². The Morgan fingerprint density at radius 3 is 2.57 bits per heavy atom. The summed E-state index contributed by atoms with van der Waals surface area (Å²) in [6.45, 7) is 2.85. The van der Waals surface area contributed by atoms with Gasteiger partial charge >= 0.3 is 5.97 Å². The molecule has 0 spiro atoms. The zero-order chi connectivity index (χ0) is 16.4. The third-order valence-corrected chi connectivity index (χ3v) is 5.29. The molecular formula is C18H19NO3S. The van der Waals surface area contributed by atoms with Crippen molar-refractivity contribution in [3.8, 4) is 0 Å². The van der Waals surface area contributed by atoms with E-state index in [4.69, 9.17) is 0 Å². The Bertz CT molecular complexity index is 720. The predicted octanol–water partition coefficient (Wildman–Crippen LogP) is 3.68. The first kappa shape index (κ1) is 15.7. The number of hydrogen-bond acceptors (Lipinski definition) is 4. The van der Waals surface area contributed by atoms with Crippen LogP contribution in [-0.2, 0) is 11.2 Å². The van der Waals surface area contributed by atoms with Crippen LogP contribution in [0.15, 0.2) is 35.7 Å². The van der Waals surface area contributed by atoms with Crippen molar-refractivity contribution >= 4 is 23.2 Å². The minimum atomic E-state index is -0.392. The molecule has 1 aliphatic rings. The molecule has 5 heteroatoms. The lowest BCUT2D eigenvalue weighted by Crippen LogP contribution is -2.39. The number of esters is 1. The molecule has 1 atom stereocenters. The van der Waals surface area contributed by atoms with Gasteiger partial charge in [0.15, 0.2) is 0 Å². The van der Waals surface area contributed by atoms with Crippen LogP contribution >= 0.6 is 11.3 Å². The molecule has 0 fully saturated rings. The van der Waals surface area contributed by atoms with Gasteiger partial charge in [-0.1, -0.05) is 6.92 Å². The second-order valence-corrected chi connectivity index (χ2v) is 6.54. The first-order valence-corrected chi connectivity index (χ1v) is 8.59. The number of hydrogen-bond donors (Lipinski definition) is 0. The highest BCUT2D eigenvalue weighted by atomic mass is 32.1. The van der Waals surface area contributed by atoms with Gasteiger partial charge in [0.05, 0.1) is 18.7 Å². The van der Waals surface area contributed by atoms with Crippen LogP contribution in [0, 0.1) is 0 Å². The number of rotatable bonds is 3. The fraction of sp³-hybridized carbons (Fsp3) is 0.333. The molecule has 0 aliphatic carbocycles. The van der Waals surface area contributed by atoms with Gasteiger partial charge in [-0.25, -0.2) is 4.79 Å². The van der Waals surface area contributed by atoms with Crippen molar-refractivity contribution in [1.29, 1.82) is 0 Å². The summed E-state index contributed by atoms with van der Waals surface area (Å²) < 4.78 is 4.68. The van der Waals surface area contributed by atoms with E-state index in [1.165, 1.54) is 17.6 Å². The van der Waals surface area contributed by atoms with Crippen LogP contribution < -0.4 is 0 Å². The van der Waals surface area contributed by atoms with Crippen molar-refractivity contribution < 1.29 is 14.3 Å². The second kappa shape index (κ2) is 6.54. The number of fused-ring (bicyclic) bond motifs is 1. The van der Waals surface area contributed by atoms with Gasteiger partial charge in [0, 0.05) is 17.0 Å². The van der Waals surface area contributed by atoms with E-state index in [1.54, 1.807) is 35.6 Å². The summed E-state index contributed by atoms with van der Waals surface area (Å²) in [5.74, 6) is -0.374. The zero-order valence-electron chi connectivity index (χ0n) is 13.2. The van der Waals surface area contributed by atoms with Gasteiger partial charge in [-0.3, -0.25) is 4.79 Å². The number of amides is 1. The van der Waals surface area contributed by atoms with Crippen molar-refractivity contribution in [2.45, 2.75) is 25.8 Å². The van der Waals surface area contributed by atoms with Gasteiger partial charge in [0.1, 0.15) is 0 Å². The quantitative estimate of drug-likeness (QED) is 0.807. The maximum Gasteiger partial charge on any atom is 0.337 e. The maximum atomic E-state index is 12.9. The lowest BCUT2D eigenvalue weighted by molar-refractivity contribution is 0.0598. The average molecular weight is 329 g/mol. The molecule has 1 aliphatic heterocycles. The van der Waals surface area contributed by atoms with E-state index in [1.807, 2.05) is 4.90 Å². The third kappa shape index (κ3) is 2.88. The van der Waals surface area contributed by atoms with E-state index in [0.717, 1.165) is 19.4 Å². The van der Waals surface area contributed by atoms with Crippen molar-refractivity contribution in [3.05, 3.63) is 57.3 Å². The molecule has 4 nitrogen and oxygen atoms in total. The zero-order valence-corrected chi connectivity index (χ0v) is 14.1. The number of benzene rings is 1. The van der Waals surface area contributed by atoms with E-state index in [-0.39, 0.29) is 11.9 Å². The molecule has 23 heavy (non-hydrogen) atoms. The molecule has 0 saturated carbocycles. The number of carbonyl (C=O) groups is 2. The Kier molecular flexibility index (Phi) is 4.48. The highest BCUT2D eigenvalue weighted by Crippen LogP contribution is 2.35. The van der Waals surface area contributed by atoms with Crippen molar-refractivity contribution in [2.75, 3.05) is 13.7 Å². The summed E-state index contributed by atoms with van der Waals surface area (Å²) in [4.78, 5) is 27.7. The van der Waals surface area contributed by atoms with Gasteiger partial charge < -0.3 is 9.64 Å². The van der Waals surface area contributed by atoms with E-state index >= 15 is 0 Å². The van der Waals surface area contributed by atoms with Gasteiger partial charge in [-0.05, 0) is 54.1 Å². The maximum absolute atomic E-state index is 12.9. The molecule has 120 valence electrons. The van der Waals surface area contributed by atoms with Crippen LogP contribution in [0.5, 0.6) is 0 Å². The van der Waals surface area contributed by atoms with Gasteiger partial charge in [0.25, 0.3) is 5.91 Å². The van der Waals surface area contributed by atoms with Crippen LogP contribution in [0.1, 0.15) is 50.5 Å². The average Bonchev–Trinajstić information content (AvgIpc) is 3.08. The van der Waals surface area contributed by atoms with E-state index in [0.29, 0.717) is 11.1 Å². The fourth-order valence-electron chi connectivity index (χ4n) is 3.11. The molecule has 0 bridgehead atoms. The summed E-state index contributed by atoms with van der Waals surface area (Å²) in [7, 11) is 1.35. The first-order chi connectivity index (χ1) is 11.2. The molecule has 1 aromatic carbocycles. The smallest absolute Gasteiger partial charge is 0.337 e. The highest BCUT2D eigenvalue weighted by Gasteiger charge is 2.30. The second-order valence-electron chi connectivity index (χ2n) is 5.54. The molecule has 2 aromatic rings. The minimum Gasteiger partial charge on any atom is -0.465 e. The lowest BCUT2D eigenvalue weighted by Gasteiger charge is -2.35. The highest BCUT2D eigenvalue weighted by molar-refractivity contribution is 7.10. The summed E-state index contributed by atoms with van der Waals surface area (Å²) in [6.07, 6.45) is 1.81. The Labute approximate surface area is 139 Å². The van der Waals surface area contributed by atoms with Crippen molar-refractivity contribution in [3.63, 3.8) is 0 Å². The van der Waals surface area contributed by atoms with Crippen LogP contribution in [0.3, 0.4) is 0 Å². The van der Waals surface area contributed by atoms with Crippen LogP contribution in [0.2, 0.25) is 0 Å². The van der Waals surface area contributed by atoms with Crippen molar-refractivity contribution in [1.82, 2.24) is 4.90 Å². The molecule has 3 rings (SSSR count). The van der Waals surface area contributed by atoms with Crippen LogP contribution in [-0.4, -0.2) is 30.4 Å². The van der Waals surface area contributed by atoms with Gasteiger partial charge in [-0.15, -0.1) is 11.3 Å². The Morgan fingerprint density at radius 2 is 1.91 bits per heavy atom. The molecule has 0 saturated heterocycles. The van der Waals surface area contributed by atoms with E-state index in [2.05, 4.69) is 23.1 Å². The standard InChI is InChI=1S/C18H19NO3S/c1-3-15-14-9-11-23-16(14)8-10-19(15)17(20)12-4-6-13(7-5-12)18(21)22-2/h4-7,9,11,15H,3,8,10H2,1-2H3. The molecule has 1 unspecified atom stereocenters. The third-order valence-electron chi connectivity index (χ3n) is 4.30. The SMILES string of the molecule is CCC1c2ccsc2CCN1C(=O)c1ccc(C(=O)OC)cc1. The van der Waals surface area contributed by atoms with Crippen molar-refractivity contribution in [2.24, 2.45) is 0 Å². The number of nitrogens with zero attached hydrogens (tertiary/aromatic N) is 1. The van der Waals surface area contributed by atoms with Crippen LogP contribution in [0.4, 0.5) is 0 Å². The molecular weight excluding hydrogens is 310 g/mol. The summed E-state index contributed by atoms with van der Waals surface area (Å²) in [5, 5.41) is 2.10. The molecule has 0 N–H and O–H groups in total. The molecule has 1 amide bonds. The van der Waals surface area contributed by atoms with E-state index < -0.39 is 5.97 Å². The number of methoxy groups -OCH3 is 1. The largest absolute Gasteiger partial charge is 0.465 e. The topological polar surface area (TPSA) is 46.6 Å². The first-order valence-electron chi connectivity index (χ1n) is 7.71. The summed E-state index contributed by atoms with van der Waals surface area (Å²) in [6, 6.07) is 8.95. The predicted molar refractivity (Wildman–Crippen MR) is 89.9 cm³/mol. The fourth-order valence-corrected chi connectivity index (χ4v) is 4.04. The number of thiophene rings is 1. The molecule has 1 aromatic heterocycles. The van der Waals surface area contributed by atoms with Gasteiger partial charge in [-0.2, -0.15) is 0 Å². The number of ether oxygens (including phenoxy) is 1.